The lowest BCUT2D eigenvalue weighted by Crippen LogP contribution is -2.41. The van der Waals surface area contributed by atoms with E-state index in [2.05, 4.69) is 69.6 Å². The Hall–Kier alpha value is -3.71. The van der Waals surface area contributed by atoms with Gasteiger partial charge in [0.05, 0.1) is 24.9 Å². The summed E-state index contributed by atoms with van der Waals surface area (Å²) in [5, 5.41) is 3.47. The van der Waals surface area contributed by atoms with Crippen LogP contribution in [0.1, 0.15) is 18.1 Å². The third kappa shape index (κ3) is 3.50. The van der Waals surface area contributed by atoms with Crippen LogP contribution in [-0.4, -0.2) is 46.4 Å². The lowest BCUT2D eigenvalue weighted by Gasteiger charge is -2.33. The van der Waals surface area contributed by atoms with Crippen molar-refractivity contribution in [3.63, 3.8) is 0 Å². The molecule has 2 aliphatic rings. The Morgan fingerprint density at radius 1 is 1.12 bits per heavy atom. The number of nitrogens with zero attached hydrogens (tertiary/aromatic N) is 5. The highest BCUT2D eigenvalue weighted by atomic mass is 16.5. The van der Waals surface area contributed by atoms with Crippen LogP contribution in [0.15, 0.2) is 66.0 Å². The van der Waals surface area contributed by atoms with Crippen molar-refractivity contribution in [2.75, 3.05) is 29.9 Å². The maximum Gasteiger partial charge on any atom is 0.180 e. The first kappa shape index (κ1) is 19.0. The summed E-state index contributed by atoms with van der Waals surface area (Å²) in [6, 6.07) is 14.9. The quantitative estimate of drug-likeness (QED) is 0.529. The highest BCUT2D eigenvalue weighted by Gasteiger charge is 2.17. The molecular formula is C25H24N6O. The van der Waals surface area contributed by atoms with Crippen molar-refractivity contribution in [1.82, 2.24) is 14.4 Å². The molecule has 32 heavy (non-hydrogen) atoms. The Bertz CT molecular complexity index is 1310. The van der Waals surface area contributed by atoms with Gasteiger partial charge in [-0.25, -0.2) is 9.97 Å². The number of anilines is 3. The van der Waals surface area contributed by atoms with Crippen molar-refractivity contribution in [2.45, 2.75) is 19.6 Å². The van der Waals surface area contributed by atoms with Gasteiger partial charge in [-0.2, -0.15) is 0 Å². The molecule has 2 aliphatic heterocycles. The molecule has 2 aromatic carbocycles. The number of nitrogens with one attached hydrogen (secondary N) is 1. The highest BCUT2D eigenvalue weighted by molar-refractivity contribution is 5.86. The molecule has 2 aromatic heterocycles. The van der Waals surface area contributed by atoms with Crippen molar-refractivity contribution < 1.29 is 4.74 Å². The SMILES string of the molecule is CC1CN(c2ccc(Nc3nc(-c4ccc5c(c4)CN=C5)cn4ccnc34)cc2)CCO1. The molecule has 1 unspecified atom stereocenters. The molecule has 7 heteroatoms. The molecule has 4 aromatic rings. The smallest absolute Gasteiger partial charge is 0.180 e. The molecule has 0 amide bonds. The van der Waals surface area contributed by atoms with Gasteiger partial charge in [-0.15, -0.1) is 0 Å². The monoisotopic (exact) mass is 424 g/mol. The summed E-state index contributed by atoms with van der Waals surface area (Å²) < 4.78 is 7.67. The molecule has 7 nitrogen and oxygen atoms in total. The van der Waals surface area contributed by atoms with E-state index in [1.807, 2.05) is 23.0 Å². The second kappa shape index (κ2) is 7.76. The van der Waals surface area contributed by atoms with Crippen LogP contribution in [0.4, 0.5) is 17.2 Å². The Balaban J connectivity index is 1.30. The van der Waals surface area contributed by atoms with Gasteiger partial charge < -0.3 is 19.4 Å². The Kier molecular flexibility index (Phi) is 4.61. The number of aromatic nitrogens is 3. The number of fused-ring (bicyclic) bond motifs is 2. The van der Waals surface area contributed by atoms with Gasteiger partial charge in [0.25, 0.3) is 0 Å². The number of rotatable bonds is 4. The first-order valence-corrected chi connectivity index (χ1v) is 10.9. The zero-order valence-corrected chi connectivity index (χ0v) is 17.9. The predicted molar refractivity (Wildman–Crippen MR) is 127 cm³/mol. The fourth-order valence-electron chi connectivity index (χ4n) is 4.37. The Morgan fingerprint density at radius 2 is 2.03 bits per heavy atom. The van der Waals surface area contributed by atoms with Crippen LogP contribution in [0.5, 0.6) is 0 Å². The summed E-state index contributed by atoms with van der Waals surface area (Å²) in [5.41, 5.74) is 7.37. The molecule has 160 valence electrons. The van der Waals surface area contributed by atoms with Gasteiger partial charge in [-0.3, -0.25) is 4.99 Å². The summed E-state index contributed by atoms with van der Waals surface area (Å²) >= 11 is 0. The number of imidazole rings is 1. The summed E-state index contributed by atoms with van der Waals surface area (Å²) in [6.07, 6.45) is 7.96. The minimum atomic E-state index is 0.257. The maximum atomic E-state index is 5.66. The van der Waals surface area contributed by atoms with E-state index in [9.17, 15) is 0 Å². The van der Waals surface area contributed by atoms with Gasteiger partial charge in [-0.05, 0) is 48.4 Å². The van der Waals surface area contributed by atoms with Crippen LogP contribution in [0.2, 0.25) is 0 Å². The van der Waals surface area contributed by atoms with E-state index in [1.54, 1.807) is 6.20 Å². The Morgan fingerprint density at radius 3 is 2.91 bits per heavy atom. The van der Waals surface area contributed by atoms with Crippen molar-refractivity contribution in [2.24, 2.45) is 4.99 Å². The number of ether oxygens (including phenoxy) is 1. The minimum Gasteiger partial charge on any atom is -0.375 e. The molecule has 0 bridgehead atoms. The normalized spacial score (nSPS) is 17.7. The number of hydrogen-bond donors (Lipinski definition) is 1. The molecule has 0 saturated carbocycles. The largest absolute Gasteiger partial charge is 0.375 e. The fraction of sp³-hybridized carbons (Fsp3) is 0.240. The summed E-state index contributed by atoms with van der Waals surface area (Å²) in [6.45, 7) is 5.45. The molecule has 0 radical (unpaired) electrons. The average Bonchev–Trinajstić information content (AvgIpc) is 3.48. The van der Waals surface area contributed by atoms with E-state index < -0.39 is 0 Å². The number of benzene rings is 2. The lowest BCUT2D eigenvalue weighted by molar-refractivity contribution is 0.0532. The average molecular weight is 425 g/mol. The second-order valence-electron chi connectivity index (χ2n) is 8.32. The topological polar surface area (TPSA) is 67.0 Å². The summed E-state index contributed by atoms with van der Waals surface area (Å²) in [5.74, 6) is 0.733. The molecule has 6 rings (SSSR count). The van der Waals surface area contributed by atoms with E-state index in [0.29, 0.717) is 0 Å². The zero-order chi connectivity index (χ0) is 21.5. The van der Waals surface area contributed by atoms with Crippen LogP contribution >= 0.6 is 0 Å². The van der Waals surface area contributed by atoms with Crippen molar-refractivity contribution in [3.8, 4) is 11.3 Å². The first-order chi connectivity index (χ1) is 15.7. The molecule has 1 N–H and O–H groups in total. The van der Waals surface area contributed by atoms with E-state index in [4.69, 9.17) is 9.72 Å². The number of morpholine rings is 1. The molecule has 0 spiro atoms. The second-order valence-corrected chi connectivity index (χ2v) is 8.32. The van der Waals surface area contributed by atoms with Gasteiger partial charge in [0.15, 0.2) is 11.5 Å². The van der Waals surface area contributed by atoms with Crippen LogP contribution in [0.25, 0.3) is 16.9 Å². The maximum absolute atomic E-state index is 5.66. The lowest BCUT2D eigenvalue weighted by atomic mass is 10.0. The van der Waals surface area contributed by atoms with Crippen molar-refractivity contribution in [3.05, 3.63) is 72.2 Å². The summed E-state index contributed by atoms with van der Waals surface area (Å²) in [4.78, 5) is 16.2. The third-order valence-electron chi connectivity index (χ3n) is 6.04. The van der Waals surface area contributed by atoms with Crippen LogP contribution in [0, 0.1) is 0 Å². The molecule has 0 aliphatic carbocycles. The summed E-state index contributed by atoms with van der Waals surface area (Å²) in [7, 11) is 0. The Labute approximate surface area is 186 Å². The van der Waals surface area contributed by atoms with Crippen molar-refractivity contribution in [1.29, 1.82) is 0 Å². The fourth-order valence-corrected chi connectivity index (χ4v) is 4.37. The molecule has 1 atom stereocenters. The van der Waals surface area contributed by atoms with Gasteiger partial charge in [0.1, 0.15) is 0 Å². The van der Waals surface area contributed by atoms with E-state index in [0.717, 1.165) is 54.7 Å². The molecule has 1 saturated heterocycles. The van der Waals surface area contributed by atoms with Crippen LogP contribution in [0.3, 0.4) is 0 Å². The molecular weight excluding hydrogens is 400 g/mol. The predicted octanol–water partition coefficient (Wildman–Crippen LogP) is 4.30. The van der Waals surface area contributed by atoms with E-state index in [1.165, 1.54) is 16.8 Å². The van der Waals surface area contributed by atoms with Gasteiger partial charge in [0.2, 0.25) is 0 Å². The standard InChI is InChI=1S/C25H24N6O/c1-17-15-30(10-11-32-17)22-6-4-21(5-7-22)28-24-25-27-8-9-31(25)16-23(29-24)18-2-3-19-13-26-14-20(19)12-18/h2-9,12-13,16-17H,10-11,14-15H2,1H3,(H,28,29). The van der Waals surface area contributed by atoms with Gasteiger partial charge >= 0.3 is 0 Å². The highest BCUT2D eigenvalue weighted by Crippen LogP contribution is 2.28. The number of hydrogen-bond acceptors (Lipinski definition) is 6. The minimum absolute atomic E-state index is 0.257. The van der Waals surface area contributed by atoms with Crippen LogP contribution < -0.4 is 10.2 Å². The van der Waals surface area contributed by atoms with Crippen LogP contribution in [-0.2, 0) is 11.3 Å². The van der Waals surface area contributed by atoms with Gasteiger partial charge in [-0.1, -0.05) is 12.1 Å². The molecule has 4 heterocycles. The van der Waals surface area contributed by atoms with Gasteiger partial charge in [0, 0.05) is 54.8 Å². The zero-order valence-electron chi connectivity index (χ0n) is 17.9. The first-order valence-electron chi connectivity index (χ1n) is 10.9. The molecule has 1 fully saturated rings. The van der Waals surface area contributed by atoms with E-state index in [-0.39, 0.29) is 6.10 Å². The van der Waals surface area contributed by atoms with Crippen molar-refractivity contribution >= 4 is 29.1 Å². The third-order valence-corrected chi connectivity index (χ3v) is 6.04. The number of aliphatic imine (C=N–C) groups is 1. The van der Waals surface area contributed by atoms with E-state index >= 15 is 0 Å².